The molecule has 0 bridgehead atoms. The fourth-order valence-electron chi connectivity index (χ4n) is 4.74. The van der Waals surface area contributed by atoms with Crippen LogP contribution >= 0.6 is 0 Å². The number of H-pyrrole nitrogens is 1. The molecule has 0 saturated heterocycles. The lowest BCUT2D eigenvalue weighted by atomic mass is 9.94. The van der Waals surface area contributed by atoms with Gasteiger partial charge in [0.25, 0.3) is 0 Å². The van der Waals surface area contributed by atoms with Crippen LogP contribution in [0.4, 0.5) is 0 Å². The number of aromatic amines is 1. The van der Waals surface area contributed by atoms with Crippen LogP contribution in [0.15, 0.2) is 96.1 Å². The number of allylic oxidation sites excluding steroid dienone is 4. The van der Waals surface area contributed by atoms with E-state index < -0.39 is 0 Å². The third-order valence-electron chi connectivity index (χ3n) is 6.42. The number of hydrogen-bond acceptors (Lipinski definition) is 3. The smallest absolute Gasteiger partial charge is 0.198 e. The molecule has 5 aromatic rings. The Morgan fingerprint density at radius 1 is 0.912 bits per heavy atom. The standard InChI is InChI=1S/C30H23N3O/c1-19-15-23(16-22-13-8-14-31-27(19)22)24-17-25-29(34)26(20-9-4-2-5-10-20)18-32-30(25)33-28(24)21-11-6-3-7-12-21/h3-4,6-18H,2,5H2,1H3,(H,32,33,34). The molecule has 0 radical (unpaired) electrons. The number of nitrogens with zero attached hydrogens (tertiary/aromatic N) is 2. The van der Waals surface area contributed by atoms with Gasteiger partial charge in [0, 0.05) is 34.5 Å². The van der Waals surface area contributed by atoms with Crippen LogP contribution in [0.5, 0.6) is 0 Å². The Labute approximate surface area is 197 Å². The van der Waals surface area contributed by atoms with Gasteiger partial charge >= 0.3 is 0 Å². The quantitative estimate of drug-likeness (QED) is 0.333. The van der Waals surface area contributed by atoms with Crippen molar-refractivity contribution in [2.75, 3.05) is 0 Å². The maximum atomic E-state index is 13.6. The molecule has 1 aliphatic carbocycles. The summed E-state index contributed by atoms with van der Waals surface area (Å²) in [5.74, 6) is 0. The highest BCUT2D eigenvalue weighted by molar-refractivity contribution is 5.95. The van der Waals surface area contributed by atoms with Crippen LogP contribution < -0.4 is 5.43 Å². The maximum absolute atomic E-state index is 13.6. The topological polar surface area (TPSA) is 58.6 Å². The molecule has 3 heterocycles. The van der Waals surface area contributed by atoms with Gasteiger partial charge < -0.3 is 4.98 Å². The zero-order valence-electron chi connectivity index (χ0n) is 18.9. The van der Waals surface area contributed by atoms with E-state index in [9.17, 15) is 4.79 Å². The molecule has 0 amide bonds. The summed E-state index contributed by atoms with van der Waals surface area (Å²) in [6, 6.07) is 20.4. The summed E-state index contributed by atoms with van der Waals surface area (Å²) < 4.78 is 0. The number of benzene rings is 2. The molecule has 3 aromatic heterocycles. The second kappa shape index (κ2) is 8.23. The first-order valence-corrected chi connectivity index (χ1v) is 11.5. The largest absolute Gasteiger partial charge is 0.345 e. The summed E-state index contributed by atoms with van der Waals surface area (Å²) in [5.41, 5.74) is 8.12. The molecule has 34 heavy (non-hydrogen) atoms. The SMILES string of the molecule is Cc1cc(-c2cc3c(=O)c(C4=CCCC=C4)c[nH]c3nc2-c2ccccc2)cc2cccnc12. The average Bonchev–Trinajstić information content (AvgIpc) is 2.89. The van der Waals surface area contributed by atoms with Gasteiger partial charge in [-0.3, -0.25) is 9.78 Å². The van der Waals surface area contributed by atoms with Crippen LogP contribution in [0, 0.1) is 6.92 Å². The maximum Gasteiger partial charge on any atom is 0.198 e. The predicted molar refractivity (Wildman–Crippen MR) is 140 cm³/mol. The van der Waals surface area contributed by atoms with Crippen molar-refractivity contribution in [3.63, 3.8) is 0 Å². The molecule has 164 valence electrons. The Morgan fingerprint density at radius 3 is 2.62 bits per heavy atom. The van der Waals surface area contributed by atoms with Crippen molar-refractivity contribution in [1.29, 1.82) is 0 Å². The summed E-state index contributed by atoms with van der Waals surface area (Å²) in [6.07, 6.45) is 11.8. The van der Waals surface area contributed by atoms with Crippen molar-refractivity contribution >= 4 is 27.5 Å². The third kappa shape index (κ3) is 3.44. The average molecular weight is 442 g/mol. The van der Waals surface area contributed by atoms with Crippen molar-refractivity contribution in [2.45, 2.75) is 19.8 Å². The van der Waals surface area contributed by atoms with Gasteiger partial charge in [0.2, 0.25) is 0 Å². The van der Waals surface area contributed by atoms with Crippen LogP contribution in [0.2, 0.25) is 0 Å². The van der Waals surface area contributed by atoms with Gasteiger partial charge in [0.05, 0.1) is 16.6 Å². The lowest BCUT2D eigenvalue weighted by Gasteiger charge is -2.14. The molecule has 4 nitrogen and oxygen atoms in total. The highest BCUT2D eigenvalue weighted by Gasteiger charge is 2.17. The van der Waals surface area contributed by atoms with E-state index in [1.54, 1.807) is 6.20 Å². The van der Waals surface area contributed by atoms with Gasteiger partial charge in [0.1, 0.15) is 5.65 Å². The molecule has 0 saturated carbocycles. The third-order valence-corrected chi connectivity index (χ3v) is 6.42. The van der Waals surface area contributed by atoms with E-state index in [0.29, 0.717) is 16.6 Å². The van der Waals surface area contributed by atoms with E-state index in [-0.39, 0.29) is 5.43 Å². The second-order valence-corrected chi connectivity index (χ2v) is 8.69. The molecular weight excluding hydrogens is 418 g/mol. The van der Waals surface area contributed by atoms with E-state index in [1.165, 1.54) is 0 Å². The van der Waals surface area contributed by atoms with Gasteiger partial charge in [-0.15, -0.1) is 0 Å². The molecule has 2 aromatic carbocycles. The molecule has 0 atom stereocenters. The Balaban J connectivity index is 1.65. The zero-order chi connectivity index (χ0) is 23.1. The van der Waals surface area contributed by atoms with Crippen molar-refractivity contribution in [3.8, 4) is 22.4 Å². The minimum absolute atomic E-state index is 0.000843. The summed E-state index contributed by atoms with van der Waals surface area (Å²) in [6.45, 7) is 2.07. The van der Waals surface area contributed by atoms with Crippen LogP contribution in [0.25, 0.3) is 49.9 Å². The first-order valence-electron chi connectivity index (χ1n) is 11.5. The molecule has 0 spiro atoms. The van der Waals surface area contributed by atoms with E-state index >= 15 is 0 Å². The zero-order valence-corrected chi connectivity index (χ0v) is 18.9. The molecular formula is C30H23N3O. The molecule has 0 aliphatic heterocycles. The second-order valence-electron chi connectivity index (χ2n) is 8.69. The normalized spacial score (nSPS) is 13.4. The molecule has 1 aliphatic rings. The molecule has 1 N–H and O–H groups in total. The number of pyridine rings is 3. The minimum atomic E-state index is -0.000843. The molecule has 0 fully saturated rings. The van der Waals surface area contributed by atoms with Gasteiger partial charge in [-0.25, -0.2) is 4.98 Å². The van der Waals surface area contributed by atoms with E-state index in [0.717, 1.165) is 57.3 Å². The lowest BCUT2D eigenvalue weighted by Crippen LogP contribution is -2.11. The fourth-order valence-corrected chi connectivity index (χ4v) is 4.74. The highest BCUT2D eigenvalue weighted by Crippen LogP contribution is 2.35. The van der Waals surface area contributed by atoms with E-state index in [2.05, 4.69) is 59.4 Å². The van der Waals surface area contributed by atoms with Crippen molar-refractivity contribution < 1.29 is 0 Å². The van der Waals surface area contributed by atoms with Crippen molar-refractivity contribution in [2.24, 2.45) is 0 Å². The number of hydrogen-bond donors (Lipinski definition) is 1. The number of aromatic nitrogens is 3. The van der Waals surface area contributed by atoms with Crippen LogP contribution in [0.3, 0.4) is 0 Å². The molecule has 4 heteroatoms. The summed E-state index contributed by atoms with van der Waals surface area (Å²) >= 11 is 0. The molecule has 6 rings (SSSR count). The predicted octanol–water partition coefficient (Wildman–Crippen LogP) is 6.85. The monoisotopic (exact) mass is 441 g/mol. The number of rotatable bonds is 3. The molecule has 0 unspecified atom stereocenters. The van der Waals surface area contributed by atoms with E-state index in [4.69, 9.17) is 4.98 Å². The fraction of sp³-hybridized carbons (Fsp3) is 0.100. The first-order chi connectivity index (χ1) is 16.7. The number of fused-ring (bicyclic) bond motifs is 2. The van der Waals surface area contributed by atoms with Crippen LogP contribution in [-0.2, 0) is 0 Å². The van der Waals surface area contributed by atoms with Crippen LogP contribution in [-0.4, -0.2) is 15.0 Å². The summed E-state index contributed by atoms with van der Waals surface area (Å²) in [5, 5.41) is 1.66. The Hall–Kier alpha value is -4.31. The van der Waals surface area contributed by atoms with Gasteiger partial charge in [0.15, 0.2) is 5.43 Å². The van der Waals surface area contributed by atoms with Crippen molar-refractivity contribution in [3.05, 3.63) is 113 Å². The Morgan fingerprint density at radius 2 is 1.79 bits per heavy atom. The van der Waals surface area contributed by atoms with Gasteiger partial charge in [-0.05, 0) is 60.7 Å². The van der Waals surface area contributed by atoms with Gasteiger partial charge in [-0.1, -0.05) is 54.6 Å². The van der Waals surface area contributed by atoms with Crippen molar-refractivity contribution in [1.82, 2.24) is 15.0 Å². The van der Waals surface area contributed by atoms with Crippen LogP contribution in [0.1, 0.15) is 24.0 Å². The van der Waals surface area contributed by atoms with Gasteiger partial charge in [-0.2, -0.15) is 0 Å². The lowest BCUT2D eigenvalue weighted by molar-refractivity contribution is 1.04. The number of nitrogens with one attached hydrogen (secondary N) is 1. The summed E-state index contributed by atoms with van der Waals surface area (Å²) in [4.78, 5) is 26.4. The summed E-state index contributed by atoms with van der Waals surface area (Å²) in [7, 11) is 0. The highest BCUT2D eigenvalue weighted by atomic mass is 16.1. The Bertz CT molecular complexity index is 1680. The Kier molecular flexibility index (Phi) is 4.92. The first kappa shape index (κ1) is 20.3. The number of aryl methyl sites for hydroxylation is 1. The van der Waals surface area contributed by atoms with E-state index in [1.807, 2.05) is 42.6 Å². The minimum Gasteiger partial charge on any atom is -0.345 e.